The molecule has 1 aliphatic rings. The summed E-state index contributed by atoms with van der Waals surface area (Å²) in [7, 11) is 0. The van der Waals surface area contributed by atoms with Crippen molar-refractivity contribution in [2.45, 2.75) is 11.8 Å². The Hall–Kier alpha value is -0.810. The Balaban J connectivity index is 1.91. The molecule has 0 amide bonds. The zero-order chi connectivity index (χ0) is 9.26. The lowest BCUT2D eigenvalue weighted by Crippen LogP contribution is -2.46. The van der Waals surface area contributed by atoms with E-state index in [1.807, 2.05) is 0 Å². The smallest absolute Gasteiger partial charge is 0.219 e. The second kappa shape index (κ2) is 3.51. The molecule has 0 radical (unpaired) electrons. The van der Waals surface area contributed by atoms with E-state index in [1.54, 1.807) is 12.4 Å². The third-order valence-electron chi connectivity index (χ3n) is 2.07. The van der Waals surface area contributed by atoms with Gasteiger partial charge in [-0.2, -0.15) is 12.6 Å². The lowest BCUT2D eigenvalue weighted by atomic mass is 10.2. The summed E-state index contributed by atoms with van der Waals surface area (Å²) in [6.07, 6.45) is 3.54. The molecule has 2 rings (SSSR count). The summed E-state index contributed by atoms with van der Waals surface area (Å²) in [5, 5.41) is 0.537. The van der Waals surface area contributed by atoms with Crippen LogP contribution >= 0.6 is 12.6 Å². The van der Waals surface area contributed by atoms with E-state index in [0.717, 1.165) is 25.2 Å². The highest BCUT2D eigenvalue weighted by atomic mass is 32.1. The average Bonchev–Trinajstić information content (AvgIpc) is 2.06. The summed E-state index contributed by atoms with van der Waals surface area (Å²) < 4.78 is 0. The van der Waals surface area contributed by atoms with E-state index in [-0.39, 0.29) is 0 Å². The molecular weight excluding hydrogens is 184 g/mol. The molecule has 4 nitrogen and oxygen atoms in total. The minimum atomic E-state index is 0.333. The number of nitrogens with zero attached hydrogens (tertiary/aromatic N) is 3. The van der Waals surface area contributed by atoms with Crippen LogP contribution in [0, 0.1) is 0 Å². The molecule has 1 aliphatic heterocycles. The minimum Gasteiger partial charge on any atom is -0.368 e. The summed E-state index contributed by atoms with van der Waals surface area (Å²) in [5.74, 6) is 0.333. The van der Waals surface area contributed by atoms with Gasteiger partial charge >= 0.3 is 0 Å². The number of likely N-dealkylation sites (tertiary alicyclic amines) is 1. The summed E-state index contributed by atoms with van der Waals surface area (Å²) in [6, 6.07) is 0. The maximum absolute atomic E-state index is 5.38. The van der Waals surface area contributed by atoms with Crippen molar-refractivity contribution < 1.29 is 0 Å². The SMILES string of the molecule is Nc1ncc(CN2CC(S)C2)cn1. The maximum Gasteiger partial charge on any atom is 0.219 e. The molecule has 1 fully saturated rings. The van der Waals surface area contributed by atoms with Gasteiger partial charge in [0.1, 0.15) is 0 Å². The Kier molecular flexibility index (Phi) is 2.37. The van der Waals surface area contributed by atoms with E-state index in [9.17, 15) is 0 Å². The Morgan fingerprint density at radius 2 is 2.08 bits per heavy atom. The van der Waals surface area contributed by atoms with Crippen molar-refractivity contribution >= 4 is 18.6 Å². The first kappa shape index (κ1) is 8.77. The third-order valence-corrected chi connectivity index (χ3v) is 2.40. The van der Waals surface area contributed by atoms with Crippen molar-refractivity contribution in [1.82, 2.24) is 14.9 Å². The molecule has 5 heteroatoms. The van der Waals surface area contributed by atoms with Crippen LogP contribution in [0.2, 0.25) is 0 Å². The lowest BCUT2D eigenvalue weighted by Gasteiger charge is -2.36. The fourth-order valence-electron chi connectivity index (χ4n) is 1.38. The molecule has 2 N–H and O–H groups in total. The molecule has 0 aliphatic carbocycles. The minimum absolute atomic E-state index is 0.333. The standard InChI is InChI=1S/C8H12N4S/c9-8-10-1-6(2-11-8)3-12-4-7(13)5-12/h1-2,7,13H,3-5H2,(H2,9,10,11). The predicted octanol–water partition coefficient (Wildman–Crippen LogP) is 0.173. The molecular formula is C8H12N4S. The van der Waals surface area contributed by atoms with E-state index < -0.39 is 0 Å². The summed E-state index contributed by atoms with van der Waals surface area (Å²) in [4.78, 5) is 10.2. The van der Waals surface area contributed by atoms with Crippen LogP contribution in [0.1, 0.15) is 5.56 Å². The summed E-state index contributed by atoms with van der Waals surface area (Å²) >= 11 is 4.33. The van der Waals surface area contributed by atoms with Crippen LogP contribution in [-0.4, -0.2) is 33.2 Å². The number of nitrogens with two attached hydrogens (primary N) is 1. The van der Waals surface area contributed by atoms with E-state index in [2.05, 4.69) is 27.5 Å². The van der Waals surface area contributed by atoms with Crippen molar-refractivity contribution in [3.8, 4) is 0 Å². The van der Waals surface area contributed by atoms with Crippen molar-refractivity contribution in [3.05, 3.63) is 18.0 Å². The molecule has 2 heterocycles. The number of anilines is 1. The fourth-order valence-corrected chi connectivity index (χ4v) is 1.84. The number of rotatable bonds is 2. The molecule has 13 heavy (non-hydrogen) atoms. The fraction of sp³-hybridized carbons (Fsp3) is 0.500. The summed E-state index contributed by atoms with van der Waals surface area (Å²) in [6.45, 7) is 3.00. The van der Waals surface area contributed by atoms with Gasteiger partial charge in [-0.1, -0.05) is 0 Å². The van der Waals surface area contributed by atoms with E-state index in [4.69, 9.17) is 5.73 Å². The molecule has 1 saturated heterocycles. The number of nitrogen functional groups attached to an aromatic ring is 1. The first-order chi connectivity index (χ1) is 6.24. The van der Waals surface area contributed by atoms with E-state index >= 15 is 0 Å². The van der Waals surface area contributed by atoms with Gasteiger partial charge in [-0.25, -0.2) is 9.97 Å². The Labute approximate surface area is 82.6 Å². The second-order valence-electron chi connectivity index (χ2n) is 3.30. The van der Waals surface area contributed by atoms with Crippen LogP contribution in [0.4, 0.5) is 5.95 Å². The molecule has 0 saturated carbocycles. The lowest BCUT2D eigenvalue weighted by molar-refractivity contribution is 0.182. The molecule has 70 valence electrons. The van der Waals surface area contributed by atoms with Gasteiger partial charge < -0.3 is 5.73 Å². The largest absolute Gasteiger partial charge is 0.368 e. The molecule has 0 bridgehead atoms. The molecule has 0 atom stereocenters. The first-order valence-corrected chi connectivity index (χ1v) is 4.72. The zero-order valence-electron chi connectivity index (χ0n) is 7.22. The molecule has 0 aromatic carbocycles. The van der Waals surface area contributed by atoms with Crippen molar-refractivity contribution in [1.29, 1.82) is 0 Å². The van der Waals surface area contributed by atoms with Gasteiger partial charge in [0.15, 0.2) is 0 Å². The highest BCUT2D eigenvalue weighted by Gasteiger charge is 2.22. The molecule has 0 unspecified atom stereocenters. The maximum atomic E-state index is 5.38. The normalized spacial score (nSPS) is 18.5. The van der Waals surface area contributed by atoms with E-state index in [0.29, 0.717) is 11.2 Å². The highest BCUT2D eigenvalue weighted by Crippen LogP contribution is 2.15. The van der Waals surface area contributed by atoms with Crippen LogP contribution < -0.4 is 5.73 Å². The average molecular weight is 196 g/mol. The highest BCUT2D eigenvalue weighted by molar-refractivity contribution is 7.81. The molecule has 0 spiro atoms. The van der Waals surface area contributed by atoms with Crippen molar-refractivity contribution in [3.63, 3.8) is 0 Å². The molecule has 1 aromatic rings. The van der Waals surface area contributed by atoms with Gasteiger partial charge in [0.2, 0.25) is 5.95 Å². The third kappa shape index (κ3) is 2.10. The van der Waals surface area contributed by atoms with Crippen LogP contribution in [0.25, 0.3) is 0 Å². The van der Waals surface area contributed by atoms with Gasteiger partial charge in [0.05, 0.1) is 0 Å². The van der Waals surface area contributed by atoms with Gasteiger partial charge in [0, 0.05) is 42.8 Å². The monoisotopic (exact) mass is 196 g/mol. The van der Waals surface area contributed by atoms with Crippen LogP contribution in [0.3, 0.4) is 0 Å². The quantitative estimate of drug-likeness (QED) is 0.662. The van der Waals surface area contributed by atoms with Gasteiger partial charge in [0.25, 0.3) is 0 Å². The van der Waals surface area contributed by atoms with Crippen molar-refractivity contribution in [2.24, 2.45) is 0 Å². The Bertz CT molecular complexity index is 281. The van der Waals surface area contributed by atoms with Gasteiger partial charge in [-0.05, 0) is 0 Å². The number of hydrogen-bond acceptors (Lipinski definition) is 5. The zero-order valence-corrected chi connectivity index (χ0v) is 8.11. The molecule has 1 aromatic heterocycles. The number of thiol groups is 1. The number of aromatic nitrogens is 2. The Morgan fingerprint density at radius 1 is 1.46 bits per heavy atom. The number of hydrogen-bond donors (Lipinski definition) is 2. The van der Waals surface area contributed by atoms with Crippen LogP contribution in [0.5, 0.6) is 0 Å². The Morgan fingerprint density at radius 3 is 2.62 bits per heavy atom. The predicted molar refractivity (Wildman–Crippen MR) is 54.5 cm³/mol. The van der Waals surface area contributed by atoms with Crippen LogP contribution in [-0.2, 0) is 6.54 Å². The van der Waals surface area contributed by atoms with Crippen molar-refractivity contribution in [2.75, 3.05) is 18.8 Å². The second-order valence-corrected chi connectivity index (χ2v) is 4.03. The topological polar surface area (TPSA) is 55.0 Å². The van der Waals surface area contributed by atoms with E-state index in [1.165, 1.54) is 0 Å². The summed E-state index contributed by atoms with van der Waals surface area (Å²) in [5.41, 5.74) is 6.48. The van der Waals surface area contributed by atoms with Crippen LogP contribution in [0.15, 0.2) is 12.4 Å². The first-order valence-electron chi connectivity index (χ1n) is 4.21. The van der Waals surface area contributed by atoms with Gasteiger partial charge in [-0.3, -0.25) is 4.90 Å². The van der Waals surface area contributed by atoms with Gasteiger partial charge in [-0.15, -0.1) is 0 Å².